The molecule has 0 aliphatic heterocycles. The van der Waals surface area contributed by atoms with Gasteiger partial charge in [0.25, 0.3) is 0 Å². The molecule has 0 saturated carbocycles. The Bertz CT molecular complexity index is 451. The number of hydrogen-bond acceptors (Lipinski definition) is 3. The highest BCUT2D eigenvalue weighted by Gasteiger charge is 2.20. The van der Waals surface area contributed by atoms with Crippen molar-refractivity contribution in [2.75, 3.05) is 6.61 Å². The first-order chi connectivity index (χ1) is 8.56. The molecule has 0 fully saturated rings. The maximum absolute atomic E-state index is 11.6. The highest BCUT2D eigenvalue weighted by molar-refractivity contribution is 6.10. The molecule has 0 N–H and O–H groups in total. The predicted octanol–water partition coefficient (Wildman–Crippen LogP) is 1.60. The van der Waals surface area contributed by atoms with Crippen molar-refractivity contribution in [2.24, 2.45) is 5.92 Å². The second kappa shape index (κ2) is 6.69. The Hall–Kier alpha value is -1.97. The van der Waals surface area contributed by atoms with Crippen LogP contribution in [0, 0.1) is 5.92 Å². The molecule has 0 aliphatic rings. The van der Waals surface area contributed by atoms with Gasteiger partial charge in [0.1, 0.15) is 0 Å². The van der Waals surface area contributed by atoms with Gasteiger partial charge in [-0.25, -0.2) is 0 Å². The first-order valence-electron chi connectivity index (χ1n) is 5.92. The van der Waals surface area contributed by atoms with Crippen molar-refractivity contribution in [3.63, 3.8) is 0 Å². The summed E-state index contributed by atoms with van der Waals surface area (Å²) >= 11 is 0. The largest absolute Gasteiger partial charge is 0.466 e. The molecule has 1 atom stereocenters. The third kappa shape index (κ3) is 3.80. The van der Waals surface area contributed by atoms with Crippen molar-refractivity contribution < 1.29 is 18.9 Å². The molecule has 0 unspecified atom stereocenters. The summed E-state index contributed by atoms with van der Waals surface area (Å²) in [5.41, 5.74) is 0.469. The Morgan fingerprint density at radius 1 is 1.28 bits per heavy atom. The van der Waals surface area contributed by atoms with E-state index in [1.807, 2.05) is 18.2 Å². The molecule has 0 bridgehead atoms. The summed E-state index contributed by atoms with van der Waals surface area (Å²) in [4.78, 5) is 23.2. The lowest BCUT2D eigenvalue weighted by atomic mass is 10.1. The van der Waals surface area contributed by atoms with Crippen molar-refractivity contribution in [1.29, 1.82) is 0 Å². The smallest absolute Gasteiger partial charge is 0.312 e. The first-order valence-corrected chi connectivity index (χ1v) is 5.92. The van der Waals surface area contributed by atoms with Crippen LogP contribution in [-0.2, 0) is 14.3 Å². The molecule has 0 aromatic carbocycles. The number of carbonyl (C=O) groups is 2. The van der Waals surface area contributed by atoms with E-state index in [9.17, 15) is 9.59 Å². The zero-order valence-electron chi connectivity index (χ0n) is 10.9. The molecule has 0 spiro atoms. The second-order valence-electron chi connectivity index (χ2n) is 3.93. The van der Waals surface area contributed by atoms with Crippen molar-refractivity contribution in [2.45, 2.75) is 20.8 Å². The van der Waals surface area contributed by atoms with Crippen LogP contribution >= 0.6 is 0 Å². The van der Waals surface area contributed by atoms with Crippen LogP contribution in [0.15, 0.2) is 36.7 Å². The molecule has 1 aromatic rings. The SMILES string of the molecule is CCOC(=O)[C@H](C)/C=C(\C(C)=O)[n+]1ccccc1. The van der Waals surface area contributed by atoms with Gasteiger partial charge in [-0.2, -0.15) is 4.57 Å². The minimum atomic E-state index is -0.448. The van der Waals surface area contributed by atoms with Gasteiger partial charge in [0.2, 0.25) is 11.5 Å². The number of aromatic nitrogens is 1. The van der Waals surface area contributed by atoms with Crippen LogP contribution in [0.1, 0.15) is 20.8 Å². The van der Waals surface area contributed by atoms with E-state index in [0.717, 1.165) is 0 Å². The zero-order chi connectivity index (χ0) is 13.5. The fraction of sp³-hybridized carbons (Fsp3) is 0.357. The quantitative estimate of drug-likeness (QED) is 0.452. The maximum Gasteiger partial charge on any atom is 0.312 e. The van der Waals surface area contributed by atoms with Gasteiger partial charge < -0.3 is 4.74 Å². The number of carbonyl (C=O) groups excluding carboxylic acids is 2. The van der Waals surface area contributed by atoms with Gasteiger partial charge >= 0.3 is 5.97 Å². The number of allylic oxidation sites excluding steroid dienone is 1. The summed E-state index contributed by atoms with van der Waals surface area (Å²) in [5, 5.41) is 0. The number of Topliss-reactive ketones (excluding diaryl/α,β-unsaturated/α-hetero) is 1. The minimum Gasteiger partial charge on any atom is -0.466 e. The molecule has 0 amide bonds. The molecule has 1 aromatic heterocycles. The Kier molecular flexibility index (Phi) is 5.24. The summed E-state index contributed by atoms with van der Waals surface area (Å²) in [6.45, 7) is 5.28. The molecule has 0 radical (unpaired) electrons. The van der Waals surface area contributed by atoms with Gasteiger partial charge in [-0.05, 0) is 13.8 Å². The Labute approximate surface area is 107 Å². The third-order valence-electron chi connectivity index (χ3n) is 2.42. The molecule has 18 heavy (non-hydrogen) atoms. The van der Waals surface area contributed by atoms with Crippen LogP contribution in [0.5, 0.6) is 0 Å². The number of ether oxygens (including phenoxy) is 1. The number of hydrogen-bond donors (Lipinski definition) is 0. The number of ketones is 1. The molecule has 1 rings (SSSR count). The monoisotopic (exact) mass is 248 g/mol. The molecule has 4 nitrogen and oxygen atoms in total. The Balaban J connectivity index is 2.99. The molecular formula is C14H18NO3+. The Morgan fingerprint density at radius 3 is 2.39 bits per heavy atom. The van der Waals surface area contributed by atoms with Crippen LogP contribution in [0.4, 0.5) is 0 Å². The normalized spacial score (nSPS) is 12.9. The van der Waals surface area contributed by atoms with E-state index in [-0.39, 0.29) is 11.8 Å². The lowest BCUT2D eigenvalue weighted by Gasteiger charge is -2.06. The van der Waals surface area contributed by atoms with E-state index in [4.69, 9.17) is 4.74 Å². The summed E-state index contributed by atoms with van der Waals surface area (Å²) in [5.74, 6) is -0.869. The number of nitrogens with zero attached hydrogens (tertiary/aromatic N) is 1. The molecule has 4 heteroatoms. The molecule has 0 saturated heterocycles. The number of esters is 1. The number of rotatable bonds is 5. The first kappa shape index (κ1) is 14.1. The lowest BCUT2D eigenvalue weighted by Crippen LogP contribution is -2.35. The summed E-state index contributed by atoms with van der Waals surface area (Å²) in [6.07, 6.45) is 5.16. The van der Waals surface area contributed by atoms with E-state index in [2.05, 4.69) is 0 Å². The van der Waals surface area contributed by atoms with E-state index in [0.29, 0.717) is 12.3 Å². The third-order valence-corrected chi connectivity index (χ3v) is 2.42. The van der Waals surface area contributed by atoms with Crippen LogP contribution < -0.4 is 4.57 Å². The van der Waals surface area contributed by atoms with Crippen molar-refractivity contribution in [3.05, 3.63) is 36.7 Å². The molecular weight excluding hydrogens is 230 g/mol. The van der Waals surface area contributed by atoms with Crippen LogP contribution in [0.2, 0.25) is 0 Å². The fourth-order valence-corrected chi connectivity index (χ4v) is 1.52. The van der Waals surface area contributed by atoms with Gasteiger partial charge in [-0.1, -0.05) is 6.07 Å². The van der Waals surface area contributed by atoms with E-state index in [1.54, 1.807) is 36.9 Å². The van der Waals surface area contributed by atoms with Gasteiger partial charge in [0.15, 0.2) is 12.4 Å². The molecule has 96 valence electrons. The average Bonchev–Trinajstić information content (AvgIpc) is 2.36. The van der Waals surface area contributed by atoms with Gasteiger partial charge in [0, 0.05) is 25.1 Å². The summed E-state index contributed by atoms with van der Waals surface area (Å²) in [6, 6.07) is 5.51. The highest BCUT2D eigenvalue weighted by atomic mass is 16.5. The van der Waals surface area contributed by atoms with Crippen molar-refractivity contribution >= 4 is 17.4 Å². The standard InChI is InChI=1S/C14H18NO3/c1-4-18-14(17)11(2)10-13(12(3)16)15-8-6-5-7-9-15/h5-11H,4H2,1-3H3/q+1/b13-10+/t11-/m1/s1. The Morgan fingerprint density at radius 2 is 1.89 bits per heavy atom. The molecule has 0 aliphatic carbocycles. The minimum absolute atomic E-state index is 0.0950. The summed E-state index contributed by atoms with van der Waals surface area (Å²) < 4.78 is 6.61. The highest BCUT2D eigenvalue weighted by Crippen LogP contribution is 2.06. The fourth-order valence-electron chi connectivity index (χ4n) is 1.52. The van der Waals surface area contributed by atoms with Crippen LogP contribution in [0.3, 0.4) is 0 Å². The summed E-state index contributed by atoms with van der Waals surface area (Å²) in [7, 11) is 0. The zero-order valence-corrected chi connectivity index (χ0v) is 10.9. The molecule has 1 heterocycles. The van der Waals surface area contributed by atoms with Gasteiger partial charge in [-0.15, -0.1) is 0 Å². The van der Waals surface area contributed by atoms with Crippen molar-refractivity contribution in [1.82, 2.24) is 0 Å². The van der Waals surface area contributed by atoms with Gasteiger partial charge in [-0.3, -0.25) is 9.59 Å². The van der Waals surface area contributed by atoms with Gasteiger partial charge in [0.05, 0.1) is 12.5 Å². The number of pyridine rings is 1. The predicted molar refractivity (Wildman–Crippen MR) is 67.4 cm³/mol. The van der Waals surface area contributed by atoms with Crippen LogP contribution in [0.25, 0.3) is 5.70 Å². The van der Waals surface area contributed by atoms with Crippen molar-refractivity contribution in [3.8, 4) is 0 Å². The second-order valence-corrected chi connectivity index (χ2v) is 3.93. The van der Waals surface area contributed by atoms with Crippen LogP contribution in [-0.4, -0.2) is 18.4 Å². The van der Waals surface area contributed by atoms with E-state index < -0.39 is 5.92 Å². The lowest BCUT2D eigenvalue weighted by molar-refractivity contribution is -0.577. The van der Waals surface area contributed by atoms with E-state index in [1.165, 1.54) is 6.92 Å². The average molecular weight is 248 g/mol. The topological polar surface area (TPSA) is 47.3 Å². The van der Waals surface area contributed by atoms with E-state index >= 15 is 0 Å². The maximum atomic E-state index is 11.6.